The van der Waals surface area contributed by atoms with E-state index in [4.69, 9.17) is 11.1 Å². The highest BCUT2D eigenvalue weighted by atomic mass is 35.5. The number of nitro benzene ring substituents is 1. The Morgan fingerprint density at radius 1 is 1.50 bits per heavy atom. The fourth-order valence-electron chi connectivity index (χ4n) is 0.875. The van der Waals surface area contributed by atoms with Crippen molar-refractivity contribution in [1.82, 2.24) is 0 Å². The van der Waals surface area contributed by atoms with Gasteiger partial charge in [0.1, 0.15) is 0 Å². The van der Waals surface area contributed by atoms with Gasteiger partial charge < -0.3 is 9.92 Å². The van der Waals surface area contributed by atoms with Crippen molar-refractivity contribution in [2.45, 2.75) is 5.75 Å². The first-order chi connectivity index (χ1) is 7.09. The van der Waals surface area contributed by atoms with E-state index in [1.54, 1.807) is 12.1 Å². The van der Waals surface area contributed by atoms with Crippen molar-refractivity contribution in [2.75, 3.05) is 0 Å². The Labute approximate surface area is 102 Å². The summed E-state index contributed by atoms with van der Waals surface area (Å²) < 4.78 is 4.67. The van der Waals surface area contributed by atoms with Crippen molar-refractivity contribution >= 4 is 36.2 Å². The zero-order valence-corrected chi connectivity index (χ0v) is 9.72. The Balaban J connectivity index is 0.00000225. The maximum absolute atomic E-state index is 10.3. The molecule has 0 aliphatic carbocycles. The lowest BCUT2D eigenvalue weighted by Crippen LogP contribution is -2.09. The van der Waals surface area contributed by atoms with Crippen LogP contribution in [-0.2, 0) is 9.94 Å². The Hall–Kier alpha value is -1.47. The molecule has 0 aliphatic heterocycles. The predicted molar refractivity (Wildman–Crippen MR) is 64.6 cm³/mol. The van der Waals surface area contributed by atoms with Crippen LogP contribution in [0.1, 0.15) is 5.56 Å². The van der Waals surface area contributed by atoms with Crippen LogP contribution < -0.4 is 5.73 Å². The maximum atomic E-state index is 10.3. The number of hydrogen-bond acceptors (Lipinski definition) is 5. The van der Waals surface area contributed by atoms with E-state index in [0.29, 0.717) is 5.75 Å². The minimum atomic E-state index is -0.455. The summed E-state index contributed by atoms with van der Waals surface area (Å²) in [6, 6.07) is 5.75. The van der Waals surface area contributed by atoms with Gasteiger partial charge in [0.25, 0.3) is 11.7 Å². The summed E-state index contributed by atoms with van der Waals surface area (Å²) in [4.78, 5) is 9.89. The Bertz CT molecular complexity index is 371. The minimum absolute atomic E-state index is 0. The fourth-order valence-corrected chi connectivity index (χ4v) is 1.39. The third-order valence-electron chi connectivity index (χ3n) is 1.52. The molecule has 0 saturated carbocycles. The number of benzene rings is 1. The van der Waals surface area contributed by atoms with Crippen LogP contribution in [0.2, 0.25) is 0 Å². The number of rotatable bonds is 4. The molecule has 0 aliphatic rings. The number of nitrogens with zero attached hydrogens (tertiary/aromatic N) is 1. The number of nitro groups is 1. The lowest BCUT2D eigenvalue weighted by molar-refractivity contribution is -0.384. The van der Waals surface area contributed by atoms with E-state index in [9.17, 15) is 10.1 Å². The Morgan fingerprint density at radius 3 is 2.50 bits per heavy atom. The monoisotopic (exact) mass is 263 g/mol. The van der Waals surface area contributed by atoms with E-state index in [-0.39, 0.29) is 24.1 Å². The zero-order valence-electron chi connectivity index (χ0n) is 8.08. The van der Waals surface area contributed by atoms with E-state index in [1.807, 2.05) is 0 Å². The van der Waals surface area contributed by atoms with Crippen molar-refractivity contribution < 1.29 is 9.11 Å². The van der Waals surface area contributed by atoms with Crippen LogP contribution in [0.15, 0.2) is 24.3 Å². The second-order valence-electron chi connectivity index (χ2n) is 2.63. The number of nitrogens with one attached hydrogen (secondary N) is 1. The molecule has 0 aromatic heterocycles. The smallest absolute Gasteiger partial charge is 0.291 e. The second-order valence-corrected chi connectivity index (χ2v) is 3.32. The standard InChI is InChI=1S/C8H9N3O3S.ClH/c9-8(10)14-15-5-6-1-3-7(4-2-6)11(12)13;/h1-4H,5H2,(H3,9,10);1H. The molecule has 0 unspecified atom stereocenters. The van der Waals surface area contributed by atoms with Crippen molar-refractivity contribution in [3.63, 3.8) is 0 Å². The molecule has 8 heteroatoms. The highest BCUT2D eigenvalue weighted by Crippen LogP contribution is 2.16. The molecular weight excluding hydrogens is 254 g/mol. The van der Waals surface area contributed by atoms with Gasteiger partial charge in [-0.1, -0.05) is 12.1 Å². The molecule has 1 aromatic rings. The summed E-state index contributed by atoms with van der Waals surface area (Å²) in [6.07, 6.45) is 0. The number of hydrogen-bond donors (Lipinski definition) is 2. The summed E-state index contributed by atoms with van der Waals surface area (Å²) in [7, 11) is 0. The van der Waals surface area contributed by atoms with Crippen LogP contribution in [0.25, 0.3) is 0 Å². The quantitative estimate of drug-likeness (QED) is 0.285. The highest BCUT2D eigenvalue weighted by molar-refractivity contribution is 7.94. The van der Waals surface area contributed by atoms with Gasteiger partial charge in [0, 0.05) is 12.1 Å². The molecule has 6 nitrogen and oxygen atoms in total. The van der Waals surface area contributed by atoms with Crippen LogP contribution in [0, 0.1) is 15.5 Å². The number of non-ortho nitro benzene ring substituents is 1. The summed E-state index contributed by atoms with van der Waals surface area (Å²) in [6.45, 7) is 0. The topological polar surface area (TPSA) is 102 Å². The highest BCUT2D eigenvalue weighted by Gasteiger charge is 2.04. The van der Waals surface area contributed by atoms with E-state index in [0.717, 1.165) is 17.6 Å². The van der Waals surface area contributed by atoms with Gasteiger partial charge in [0.2, 0.25) is 0 Å². The van der Waals surface area contributed by atoms with E-state index < -0.39 is 4.92 Å². The number of amidine groups is 1. The molecule has 1 rings (SSSR count). The molecule has 0 bridgehead atoms. The van der Waals surface area contributed by atoms with Gasteiger partial charge >= 0.3 is 0 Å². The first kappa shape index (κ1) is 14.5. The normalized spacial score (nSPS) is 9.00. The lowest BCUT2D eigenvalue weighted by atomic mass is 10.2. The van der Waals surface area contributed by atoms with Crippen LogP contribution in [-0.4, -0.2) is 10.9 Å². The molecule has 1 aromatic carbocycles. The predicted octanol–water partition coefficient (Wildman–Crippen LogP) is 2.07. The molecule has 0 fully saturated rings. The van der Waals surface area contributed by atoms with Gasteiger partial charge in [0.05, 0.1) is 22.7 Å². The molecule has 16 heavy (non-hydrogen) atoms. The van der Waals surface area contributed by atoms with Crippen molar-refractivity contribution in [2.24, 2.45) is 5.73 Å². The lowest BCUT2D eigenvalue weighted by Gasteiger charge is -2.00. The van der Waals surface area contributed by atoms with Gasteiger partial charge in [-0.2, -0.15) is 0 Å². The van der Waals surface area contributed by atoms with Crippen LogP contribution in [0.5, 0.6) is 0 Å². The summed E-state index contributed by atoms with van der Waals surface area (Å²) in [5, 5.41) is 17.1. The summed E-state index contributed by atoms with van der Waals surface area (Å²) in [5.41, 5.74) is 5.89. The number of halogens is 1. The first-order valence-corrected chi connectivity index (χ1v) is 4.87. The van der Waals surface area contributed by atoms with Crippen LogP contribution >= 0.6 is 24.4 Å². The average molecular weight is 264 g/mol. The third-order valence-corrected chi connectivity index (χ3v) is 2.27. The Morgan fingerprint density at radius 2 is 2.06 bits per heavy atom. The molecule has 0 heterocycles. The van der Waals surface area contributed by atoms with Gasteiger partial charge in [-0.3, -0.25) is 15.5 Å². The van der Waals surface area contributed by atoms with Crippen molar-refractivity contribution in [1.29, 1.82) is 5.41 Å². The second kappa shape index (κ2) is 6.91. The van der Waals surface area contributed by atoms with Crippen LogP contribution in [0.4, 0.5) is 5.69 Å². The molecule has 0 spiro atoms. The minimum Gasteiger partial charge on any atom is -0.391 e. The zero-order chi connectivity index (χ0) is 11.3. The molecule has 88 valence electrons. The molecule has 3 N–H and O–H groups in total. The number of nitrogens with two attached hydrogens (primary N) is 1. The fraction of sp³-hybridized carbons (Fsp3) is 0.125. The van der Waals surface area contributed by atoms with Gasteiger partial charge in [0.15, 0.2) is 0 Å². The van der Waals surface area contributed by atoms with E-state index in [1.165, 1.54) is 12.1 Å². The molecule has 0 saturated heterocycles. The largest absolute Gasteiger partial charge is 0.391 e. The maximum Gasteiger partial charge on any atom is 0.291 e. The van der Waals surface area contributed by atoms with E-state index in [2.05, 4.69) is 4.18 Å². The average Bonchev–Trinajstić information content (AvgIpc) is 2.18. The SMILES string of the molecule is Cl.N=C(N)OSCc1ccc([N+](=O)[O-])cc1. The van der Waals surface area contributed by atoms with Crippen LogP contribution in [0.3, 0.4) is 0 Å². The van der Waals surface area contributed by atoms with Crippen molar-refractivity contribution in [3.05, 3.63) is 39.9 Å². The first-order valence-electron chi connectivity index (χ1n) is 3.96. The van der Waals surface area contributed by atoms with E-state index >= 15 is 0 Å². The summed E-state index contributed by atoms with van der Waals surface area (Å²) >= 11 is 1.01. The Kier molecular flexibility index (Phi) is 6.28. The van der Waals surface area contributed by atoms with Crippen molar-refractivity contribution in [3.8, 4) is 0 Å². The van der Waals surface area contributed by atoms with Gasteiger partial charge in [-0.05, 0) is 5.56 Å². The molecule has 0 amide bonds. The third kappa shape index (κ3) is 4.85. The molecule has 0 atom stereocenters. The summed E-state index contributed by atoms with van der Waals surface area (Å²) in [5.74, 6) is 0.484. The molecule has 0 radical (unpaired) electrons. The van der Waals surface area contributed by atoms with Gasteiger partial charge in [-0.15, -0.1) is 12.4 Å². The molecular formula is C8H10ClN3O3S. The van der Waals surface area contributed by atoms with Gasteiger partial charge in [-0.25, -0.2) is 0 Å².